The zero-order valence-electron chi connectivity index (χ0n) is 15.4. The van der Waals surface area contributed by atoms with E-state index in [0.29, 0.717) is 5.69 Å². The maximum atomic E-state index is 14.0. The molecule has 0 saturated carbocycles. The summed E-state index contributed by atoms with van der Waals surface area (Å²) >= 11 is 0. The lowest BCUT2D eigenvalue weighted by Gasteiger charge is -2.37. The van der Waals surface area contributed by atoms with Crippen LogP contribution in [0, 0.1) is 5.82 Å². The van der Waals surface area contributed by atoms with Crippen molar-refractivity contribution in [2.24, 2.45) is 4.99 Å². The number of aromatic nitrogens is 3. The molecule has 2 aromatic rings. The van der Waals surface area contributed by atoms with E-state index in [9.17, 15) is 4.39 Å². The lowest BCUT2D eigenvalue weighted by molar-refractivity contribution is 0.370. The molecule has 3 rings (SSSR count). The molecule has 0 spiro atoms. The number of para-hydroxylation sites is 1. The second-order valence-corrected chi connectivity index (χ2v) is 6.19. The number of anilines is 1. The quantitative estimate of drug-likeness (QED) is 0.646. The van der Waals surface area contributed by atoms with Crippen LogP contribution in [-0.2, 0) is 13.0 Å². The van der Waals surface area contributed by atoms with Gasteiger partial charge in [0.2, 0.25) is 0 Å². The van der Waals surface area contributed by atoms with Gasteiger partial charge >= 0.3 is 0 Å². The number of aliphatic imine (C=N–C) groups is 1. The van der Waals surface area contributed by atoms with Crippen LogP contribution in [0.2, 0.25) is 0 Å². The number of halogens is 1. The second-order valence-electron chi connectivity index (χ2n) is 6.19. The summed E-state index contributed by atoms with van der Waals surface area (Å²) in [5.74, 6) is 1.70. The molecule has 1 fully saturated rings. The third-order valence-electron chi connectivity index (χ3n) is 4.63. The van der Waals surface area contributed by atoms with Crippen molar-refractivity contribution in [2.45, 2.75) is 19.9 Å². The number of rotatable bonds is 5. The van der Waals surface area contributed by atoms with E-state index in [0.717, 1.165) is 57.5 Å². The Kier molecular flexibility index (Phi) is 6.04. The summed E-state index contributed by atoms with van der Waals surface area (Å²) in [6.45, 7) is 6.78. The van der Waals surface area contributed by atoms with Crippen molar-refractivity contribution in [3.05, 3.63) is 42.2 Å². The maximum Gasteiger partial charge on any atom is 0.193 e. The fourth-order valence-corrected chi connectivity index (χ4v) is 3.23. The first-order chi connectivity index (χ1) is 12.7. The van der Waals surface area contributed by atoms with Gasteiger partial charge in [-0.2, -0.15) is 0 Å². The molecule has 0 unspecified atom stereocenters. The third-order valence-corrected chi connectivity index (χ3v) is 4.63. The van der Waals surface area contributed by atoms with Gasteiger partial charge in [0.1, 0.15) is 18.0 Å². The number of nitrogens with one attached hydrogen (secondary N) is 1. The first-order valence-corrected chi connectivity index (χ1v) is 9.04. The Morgan fingerprint density at radius 3 is 2.69 bits per heavy atom. The van der Waals surface area contributed by atoms with Crippen molar-refractivity contribution in [1.82, 2.24) is 25.0 Å². The number of guanidine groups is 1. The molecule has 1 saturated heterocycles. The molecule has 1 N–H and O–H groups in total. The number of hydrogen-bond acceptors (Lipinski definition) is 4. The minimum Gasteiger partial charge on any atom is -0.366 e. The van der Waals surface area contributed by atoms with Crippen LogP contribution in [-0.4, -0.2) is 65.4 Å². The van der Waals surface area contributed by atoms with Gasteiger partial charge in [-0.25, -0.2) is 4.39 Å². The third kappa shape index (κ3) is 4.12. The van der Waals surface area contributed by atoms with Crippen LogP contribution in [0.5, 0.6) is 0 Å². The largest absolute Gasteiger partial charge is 0.366 e. The van der Waals surface area contributed by atoms with E-state index >= 15 is 0 Å². The summed E-state index contributed by atoms with van der Waals surface area (Å²) in [6, 6.07) is 6.95. The summed E-state index contributed by atoms with van der Waals surface area (Å²) in [7, 11) is 1.79. The lowest BCUT2D eigenvalue weighted by Crippen LogP contribution is -2.53. The molecule has 8 heteroatoms. The molecule has 1 aromatic heterocycles. The molecule has 1 aromatic carbocycles. The molecular formula is C18H26FN7. The van der Waals surface area contributed by atoms with Crippen molar-refractivity contribution in [3.8, 4) is 0 Å². The van der Waals surface area contributed by atoms with Crippen LogP contribution in [0.15, 0.2) is 35.6 Å². The molecule has 1 aliphatic rings. The van der Waals surface area contributed by atoms with E-state index in [1.54, 1.807) is 19.4 Å². The van der Waals surface area contributed by atoms with Gasteiger partial charge in [-0.05, 0) is 12.1 Å². The standard InChI is InChI=1S/C18H26FN7/c1-3-17-23-22-14-26(17)9-8-21-18(20-2)25-12-10-24(11-13-25)16-7-5-4-6-15(16)19/h4-7,14H,3,8-13H2,1-2H3,(H,20,21). The zero-order valence-corrected chi connectivity index (χ0v) is 15.4. The first-order valence-electron chi connectivity index (χ1n) is 9.04. The van der Waals surface area contributed by atoms with Crippen LogP contribution in [0.4, 0.5) is 10.1 Å². The van der Waals surface area contributed by atoms with E-state index in [-0.39, 0.29) is 5.82 Å². The highest BCUT2D eigenvalue weighted by molar-refractivity contribution is 5.80. The van der Waals surface area contributed by atoms with Gasteiger partial charge < -0.3 is 19.7 Å². The average Bonchev–Trinajstić information content (AvgIpc) is 3.13. The maximum absolute atomic E-state index is 14.0. The first kappa shape index (κ1) is 18.2. The summed E-state index contributed by atoms with van der Waals surface area (Å²) < 4.78 is 16.0. The predicted octanol–water partition coefficient (Wildman–Crippen LogP) is 1.38. The topological polar surface area (TPSA) is 61.6 Å². The normalized spacial score (nSPS) is 15.4. The molecule has 0 amide bonds. The summed E-state index contributed by atoms with van der Waals surface area (Å²) in [5.41, 5.74) is 0.676. The Morgan fingerprint density at radius 1 is 1.23 bits per heavy atom. The van der Waals surface area contributed by atoms with E-state index in [4.69, 9.17) is 0 Å². The second kappa shape index (κ2) is 8.64. The molecule has 26 heavy (non-hydrogen) atoms. The van der Waals surface area contributed by atoms with E-state index < -0.39 is 0 Å². The highest BCUT2D eigenvalue weighted by Gasteiger charge is 2.21. The molecule has 0 bridgehead atoms. The van der Waals surface area contributed by atoms with E-state index in [1.807, 2.05) is 12.1 Å². The van der Waals surface area contributed by atoms with Gasteiger partial charge in [-0.1, -0.05) is 19.1 Å². The minimum atomic E-state index is -0.163. The van der Waals surface area contributed by atoms with Gasteiger partial charge in [0.25, 0.3) is 0 Å². The van der Waals surface area contributed by atoms with Gasteiger partial charge in [-0.3, -0.25) is 4.99 Å². The molecule has 0 radical (unpaired) electrons. The average molecular weight is 359 g/mol. The Balaban J connectivity index is 1.50. The lowest BCUT2D eigenvalue weighted by atomic mass is 10.2. The number of hydrogen-bond donors (Lipinski definition) is 1. The van der Waals surface area contributed by atoms with Crippen molar-refractivity contribution >= 4 is 11.6 Å². The SMILES string of the molecule is CCc1nncn1CCNC(=NC)N1CCN(c2ccccc2F)CC1. The molecule has 1 aliphatic heterocycles. The minimum absolute atomic E-state index is 0.163. The summed E-state index contributed by atoms with van der Waals surface area (Å²) in [4.78, 5) is 8.69. The zero-order chi connectivity index (χ0) is 18.4. The Hall–Kier alpha value is -2.64. The molecule has 140 valence electrons. The molecule has 7 nitrogen and oxygen atoms in total. The van der Waals surface area contributed by atoms with Crippen LogP contribution in [0.3, 0.4) is 0 Å². The van der Waals surface area contributed by atoms with Gasteiger partial charge in [-0.15, -0.1) is 10.2 Å². The van der Waals surface area contributed by atoms with E-state index in [1.165, 1.54) is 6.07 Å². The highest BCUT2D eigenvalue weighted by atomic mass is 19.1. The molecule has 0 aliphatic carbocycles. The van der Waals surface area contributed by atoms with Crippen molar-refractivity contribution < 1.29 is 4.39 Å². The Labute approximate surface area is 153 Å². The Morgan fingerprint density at radius 2 is 2.00 bits per heavy atom. The van der Waals surface area contributed by atoms with Gasteiger partial charge in [0.05, 0.1) is 5.69 Å². The van der Waals surface area contributed by atoms with Crippen LogP contribution >= 0.6 is 0 Å². The molecule has 2 heterocycles. The number of nitrogens with zero attached hydrogens (tertiary/aromatic N) is 6. The van der Waals surface area contributed by atoms with Crippen molar-refractivity contribution in [3.63, 3.8) is 0 Å². The fraction of sp³-hybridized carbons (Fsp3) is 0.500. The Bertz CT molecular complexity index is 735. The van der Waals surface area contributed by atoms with Crippen molar-refractivity contribution in [1.29, 1.82) is 0 Å². The van der Waals surface area contributed by atoms with Gasteiger partial charge in [0.15, 0.2) is 5.96 Å². The fourth-order valence-electron chi connectivity index (χ4n) is 3.23. The van der Waals surface area contributed by atoms with Gasteiger partial charge in [0, 0.05) is 52.7 Å². The predicted molar refractivity (Wildman–Crippen MR) is 101 cm³/mol. The monoisotopic (exact) mass is 359 g/mol. The van der Waals surface area contributed by atoms with Crippen LogP contribution < -0.4 is 10.2 Å². The highest BCUT2D eigenvalue weighted by Crippen LogP contribution is 2.20. The number of piperazine rings is 1. The summed E-state index contributed by atoms with van der Waals surface area (Å²) in [6.07, 6.45) is 2.63. The molecular weight excluding hydrogens is 333 g/mol. The number of benzene rings is 1. The smallest absolute Gasteiger partial charge is 0.193 e. The molecule has 0 atom stereocenters. The number of aryl methyl sites for hydroxylation is 1. The van der Waals surface area contributed by atoms with Crippen LogP contribution in [0.25, 0.3) is 0 Å². The van der Waals surface area contributed by atoms with Crippen molar-refractivity contribution in [2.75, 3.05) is 44.7 Å². The van der Waals surface area contributed by atoms with E-state index in [2.05, 4.69) is 41.8 Å². The van der Waals surface area contributed by atoms with Crippen LogP contribution in [0.1, 0.15) is 12.7 Å². The summed E-state index contributed by atoms with van der Waals surface area (Å²) in [5, 5.41) is 11.5.